The summed E-state index contributed by atoms with van der Waals surface area (Å²) in [7, 11) is 3.05. The molecule has 0 fully saturated rings. The van der Waals surface area contributed by atoms with Crippen LogP contribution in [0.2, 0.25) is 0 Å². The molecule has 0 unspecified atom stereocenters. The molecule has 1 amide bonds. The number of hydrogen-bond donors (Lipinski definition) is 1. The number of hydrogen-bond acceptors (Lipinski definition) is 5. The van der Waals surface area contributed by atoms with Gasteiger partial charge < -0.3 is 9.88 Å². The molecule has 0 saturated carbocycles. The minimum atomic E-state index is -0.412. The van der Waals surface area contributed by atoms with Crippen molar-refractivity contribution in [3.8, 4) is 0 Å². The van der Waals surface area contributed by atoms with Crippen LogP contribution in [-0.2, 0) is 31.9 Å². The van der Waals surface area contributed by atoms with E-state index >= 15 is 0 Å². The number of thiophene rings is 1. The molecule has 0 spiro atoms. The van der Waals surface area contributed by atoms with Crippen LogP contribution in [0.15, 0.2) is 57.7 Å². The first-order valence-corrected chi connectivity index (χ1v) is 12.8. The zero-order valence-corrected chi connectivity index (χ0v) is 21.2. The lowest BCUT2D eigenvalue weighted by Crippen LogP contribution is -2.37. The molecule has 4 rings (SSSR count). The Morgan fingerprint density at radius 3 is 2.54 bits per heavy atom. The summed E-state index contributed by atoms with van der Waals surface area (Å²) in [6, 6.07) is 12.3. The van der Waals surface area contributed by atoms with Crippen molar-refractivity contribution in [2.75, 3.05) is 0 Å². The summed E-state index contributed by atoms with van der Waals surface area (Å²) in [5, 5.41) is 5.20. The standard InChI is InChI=1S/C26H31N5O3S/c1-4-5-8-18-11-13-19(14-12-18)22(20-9-7-16-35-20)28-21(32)10-6-15-31-17-27-24-23(31)25(33)30(3)26(34)29(24)2/h7,9,11-14,16-17,22H,4-6,8,10,15H2,1-3H3,(H,28,32)/t22-/m1/s1. The molecule has 0 aliphatic rings. The van der Waals surface area contributed by atoms with Gasteiger partial charge in [0.25, 0.3) is 5.56 Å². The molecule has 3 aromatic heterocycles. The maximum absolute atomic E-state index is 12.9. The molecule has 8 nitrogen and oxygen atoms in total. The normalized spacial score (nSPS) is 12.2. The van der Waals surface area contributed by atoms with E-state index in [1.807, 2.05) is 17.5 Å². The van der Waals surface area contributed by atoms with Crippen molar-refractivity contribution < 1.29 is 4.79 Å². The Labute approximate surface area is 207 Å². The molecule has 0 aliphatic heterocycles. The number of imidazole rings is 1. The molecule has 35 heavy (non-hydrogen) atoms. The molecular weight excluding hydrogens is 462 g/mol. The van der Waals surface area contributed by atoms with Crippen molar-refractivity contribution >= 4 is 28.4 Å². The van der Waals surface area contributed by atoms with Crippen LogP contribution in [-0.4, -0.2) is 24.6 Å². The monoisotopic (exact) mass is 493 g/mol. The van der Waals surface area contributed by atoms with Crippen molar-refractivity contribution in [3.63, 3.8) is 0 Å². The van der Waals surface area contributed by atoms with Gasteiger partial charge in [-0.05, 0) is 41.8 Å². The van der Waals surface area contributed by atoms with Crippen molar-refractivity contribution in [1.29, 1.82) is 0 Å². The highest BCUT2D eigenvalue weighted by atomic mass is 32.1. The first-order valence-electron chi connectivity index (χ1n) is 11.9. The van der Waals surface area contributed by atoms with E-state index < -0.39 is 5.69 Å². The van der Waals surface area contributed by atoms with Crippen molar-refractivity contribution in [3.05, 3.63) is 84.9 Å². The number of rotatable bonds is 10. The number of nitrogens with zero attached hydrogens (tertiary/aromatic N) is 4. The fourth-order valence-corrected chi connectivity index (χ4v) is 5.04. The number of unbranched alkanes of at least 4 members (excludes halogenated alkanes) is 1. The summed E-state index contributed by atoms with van der Waals surface area (Å²) in [5.74, 6) is -0.0526. The van der Waals surface area contributed by atoms with Gasteiger partial charge in [-0.1, -0.05) is 43.7 Å². The average molecular weight is 494 g/mol. The molecule has 1 aromatic carbocycles. The second kappa shape index (κ2) is 10.9. The Morgan fingerprint density at radius 2 is 1.86 bits per heavy atom. The summed E-state index contributed by atoms with van der Waals surface area (Å²) in [5.41, 5.74) is 2.29. The molecule has 4 aromatic rings. The van der Waals surface area contributed by atoms with Gasteiger partial charge in [0.15, 0.2) is 11.2 Å². The lowest BCUT2D eigenvalue weighted by Gasteiger charge is -2.19. The maximum atomic E-state index is 12.9. The van der Waals surface area contributed by atoms with E-state index in [4.69, 9.17) is 0 Å². The second-order valence-corrected chi connectivity index (χ2v) is 9.76. The largest absolute Gasteiger partial charge is 0.344 e. The van der Waals surface area contributed by atoms with Crippen molar-refractivity contribution in [2.24, 2.45) is 14.1 Å². The highest BCUT2D eigenvalue weighted by Crippen LogP contribution is 2.27. The van der Waals surface area contributed by atoms with Crippen LogP contribution in [0, 0.1) is 0 Å². The Morgan fingerprint density at radius 1 is 1.09 bits per heavy atom. The Kier molecular flexibility index (Phi) is 7.65. The van der Waals surface area contributed by atoms with Crippen LogP contribution in [0.1, 0.15) is 54.7 Å². The third-order valence-electron chi connectivity index (χ3n) is 6.29. The van der Waals surface area contributed by atoms with Gasteiger partial charge in [0.05, 0.1) is 12.4 Å². The zero-order chi connectivity index (χ0) is 24.9. The van der Waals surface area contributed by atoms with Gasteiger partial charge in [-0.15, -0.1) is 11.3 Å². The lowest BCUT2D eigenvalue weighted by atomic mass is 10.0. The minimum absolute atomic E-state index is 0.0526. The lowest BCUT2D eigenvalue weighted by molar-refractivity contribution is -0.121. The zero-order valence-electron chi connectivity index (χ0n) is 20.4. The first-order chi connectivity index (χ1) is 16.9. The van der Waals surface area contributed by atoms with E-state index in [2.05, 4.69) is 41.5 Å². The Balaban J connectivity index is 1.44. The number of amides is 1. The van der Waals surface area contributed by atoms with Gasteiger partial charge in [-0.2, -0.15) is 0 Å². The van der Waals surface area contributed by atoms with Gasteiger partial charge in [0.2, 0.25) is 5.91 Å². The van der Waals surface area contributed by atoms with E-state index in [0.717, 1.165) is 27.8 Å². The average Bonchev–Trinajstić information content (AvgIpc) is 3.54. The quantitative estimate of drug-likeness (QED) is 0.366. The molecule has 3 heterocycles. The number of carbonyl (C=O) groups is 1. The predicted molar refractivity (Wildman–Crippen MR) is 139 cm³/mol. The molecule has 1 atom stereocenters. The fraction of sp³-hybridized carbons (Fsp3) is 0.385. The Bertz CT molecular complexity index is 1410. The Hall–Kier alpha value is -3.46. The fourth-order valence-electron chi connectivity index (χ4n) is 4.24. The first kappa shape index (κ1) is 24.7. The number of aromatic nitrogens is 4. The smallest absolute Gasteiger partial charge is 0.332 e. The molecular formula is C26H31N5O3S. The van der Waals surface area contributed by atoms with Crippen LogP contribution in [0.3, 0.4) is 0 Å². The van der Waals surface area contributed by atoms with Gasteiger partial charge in [0.1, 0.15) is 0 Å². The highest BCUT2D eigenvalue weighted by molar-refractivity contribution is 7.10. The third-order valence-corrected chi connectivity index (χ3v) is 7.22. The maximum Gasteiger partial charge on any atom is 0.332 e. The minimum Gasteiger partial charge on any atom is -0.344 e. The molecule has 1 N–H and O–H groups in total. The molecule has 0 aliphatic carbocycles. The molecule has 9 heteroatoms. The topological polar surface area (TPSA) is 90.9 Å². The van der Waals surface area contributed by atoms with E-state index in [9.17, 15) is 14.4 Å². The molecule has 184 valence electrons. The summed E-state index contributed by atoms with van der Waals surface area (Å²) in [6.07, 6.45) is 5.79. The van der Waals surface area contributed by atoms with Gasteiger partial charge >= 0.3 is 5.69 Å². The van der Waals surface area contributed by atoms with Crippen LogP contribution in [0.5, 0.6) is 0 Å². The second-order valence-electron chi connectivity index (χ2n) is 8.78. The van der Waals surface area contributed by atoms with Crippen molar-refractivity contribution in [2.45, 2.75) is 51.6 Å². The summed E-state index contributed by atoms with van der Waals surface area (Å²) in [4.78, 5) is 43.0. The third kappa shape index (κ3) is 5.30. The predicted octanol–water partition coefficient (Wildman–Crippen LogP) is 3.52. The SMILES string of the molecule is CCCCc1ccc([C@@H](NC(=O)CCCn2cnc3c2c(=O)n(C)c(=O)n3C)c2cccs2)cc1. The van der Waals surface area contributed by atoms with Crippen LogP contribution in [0.25, 0.3) is 11.2 Å². The number of aryl methyl sites for hydroxylation is 3. The van der Waals surface area contributed by atoms with Gasteiger partial charge in [-0.3, -0.25) is 18.7 Å². The van der Waals surface area contributed by atoms with Gasteiger partial charge in [-0.25, -0.2) is 9.78 Å². The van der Waals surface area contributed by atoms with E-state index in [-0.39, 0.29) is 17.5 Å². The van der Waals surface area contributed by atoms with Crippen LogP contribution < -0.4 is 16.6 Å². The molecule has 0 saturated heterocycles. The van der Waals surface area contributed by atoms with E-state index in [1.165, 1.54) is 23.6 Å². The van der Waals surface area contributed by atoms with Crippen LogP contribution in [0.4, 0.5) is 0 Å². The number of carbonyl (C=O) groups excluding carboxylic acids is 1. The summed E-state index contributed by atoms with van der Waals surface area (Å²) >= 11 is 1.62. The number of fused-ring (bicyclic) bond motifs is 1. The van der Waals surface area contributed by atoms with Crippen molar-refractivity contribution in [1.82, 2.24) is 24.0 Å². The summed E-state index contributed by atoms with van der Waals surface area (Å²) in [6.45, 7) is 2.64. The number of benzene rings is 1. The van der Waals surface area contributed by atoms with E-state index in [1.54, 1.807) is 29.3 Å². The van der Waals surface area contributed by atoms with E-state index in [0.29, 0.717) is 30.6 Å². The molecule has 0 radical (unpaired) electrons. The number of nitrogens with one attached hydrogen (secondary N) is 1. The highest BCUT2D eigenvalue weighted by Gasteiger charge is 2.19. The molecule has 0 bridgehead atoms. The summed E-state index contributed by atoms with van der Waals surface area (Å²) < 4.78 is 4.15. The van der Waals surface area contributed by atoms with Crippen LogP contribution >= 0.6 is 11.3 Å². The van der Waals surface area contributed by atoms with Gasteiger partial charge in [0, 0.05) is 31.9 Å².